The summed E-state index contributed by atoms with van der Waals surface area (Å²) in [5, 5.41) is 0. The topological polar surface area (TPSA) is 71.1 Å². The largest absolute Gasteiger partial charge is 0.493 e. The van der Waals surface area contributed by atoms with E-state index in [1.807, 2.05) is 0 Å². The third-order valence-corrected chi connectivity index (χ3v) is 7.83. The molecule has 0 unspecified atom stereocenters. The van der Waals surface area contributed by atoms with Gasteiger partial charge in [0.05, 0.1) is 25.9 Å². The van der Waals surface area contributed by atoms with Crippen LogP contribution in [0.4, 0.5) is 0 Å². The molecule has 0 aromatic heterocycles. The molecule has 0 bridgehead atoms. The van der Waals surface area contributed by atoms with Crippen LogP contribution in [0.25, 0.3) is 0 Å². The van der Waals surface area contributed by atoms with Crippen LogP contribution >= 0.6 is 0 Å². The molecule has 0 radical (unpaired) electrons. The lowest BCUT2D eigenvalue weighted by Gasteiger charge is -2.37. The lowest BCUT2D eigenvalue weighted by molar-refractivity contribution is -0.137. The van der Waals surface area contributed by atoms with E-state index in [2.05, 4.69) is 13.5 Å². The van der Waals surface area contributed by atoms with Gasteiger partial charge in [-0.1, -0.05) is 26.3 Å². The average molecular weight is 501 g/mol. The first-order valence-electron chi connectivity index (χ1n) is 13.8. The van der Waals surface area contributed by atoms with Gasteiger partial charge >= 0.3 is 11.9 Å². The zero-order valence-corrected chi connectivity index (χ0v) is 22.2. The highest BCUT2D eigenvalue weighted by Crippen LogP contribution is 2.40. The first-order chi connectivity index (χ1) is 17.5. The molecule has 0 saturated heterocycles. The second-order valence-electron chi connectivity index (χ2n) is 10.5. The summed E-state index contributed by atoms with van der Waals surface area (Å²) in [6.07, 6.45) is 14.6. The van der Waals surface area contributed by atoms with E-state index in [9.17, 15) is 9.59 Å². The molecule has 2 fully saturated rings. The summed E-state index contributed by atoms with van der Waals surface area (Å²) < 4.78 is 22.2. The number of esters is 2. The summed E-state index contributed by atoms with van der Waals surface area (Å²) in [4.78, 5) is 23.8. The van der Waals surface area contributed by atoms with Crippen LogP contribution in [0.3, 0.4) is 0 Å². The molecule has 2 aliphatic rings. The molecular formula is C30H44O6. The van der Waals surface area contributed by atoms with Crippen molar-refractivity contribution >= 4 is 11.9 Å². The minimum atomic E-state index is -0.380. The Kier molecular flexibility index (Phi) is 11.6. The van der Waals surface area contributed by atoms with Gasteiger partial charge in [0.1, 0.15) is 6.10 Å². The third kappa shape index (κ3) is 8.86. The van der Waals surface area contributed by atoms with Crippen molar-refractivity contribution in [3.63, 3.8) is 0 Å². The third-order valence-electron chi connectivity index (χ3n) is 7.83. The number of unbranched alkanes of at least 4 members (excludes halogenated alkanes) is 3. The summed E-state index contributed by atoms with van der Waals surface area (Å²) >= 11 is 0. The summed E-state index contributed by atoms with van der Waals surface area (Å²) in [6.45, 7) is 6.71. The fraction of sp³-hybridized carbons (Fsp3) is 0.667. The van der Waals surface area contributed by atoms with Crippen LogP contribution in [0, 0.1) is 17.8 Å². The fourth-order valence-corrected chi connectivity index (χ4v) is 5.54. The molecule has 0 aliphatic heterocycles. The molecule has 1 aromatic carbocycles. The number of carbonyl (C=O) groups excluding carboxylic acids is 2. The minimum absolute atomic E-state index is 0.0125. The van der Waals surface area contributed by atoms with E-state index in [1.165, 1.54) is 44.6 Å². The number of ether oxygens (including phenoxy) is 4. The van der Waals surface area contributed by atoms with E-state index in [0.29, 0.717) is 30.3 Å². The Morgan fingerprint density at radius 3 is 2.17 bits per heavy atom. The molecule has 2 aliphatic carbocycles. The Morgan fingerprint density at radius 2 is 1.53 bits per heavy atom. The highest BCUT2D eigenvalue weighted by atomic mass is 16.5. The van der Waals surface area contributed by atoms with E-state index in [4.69, 9.17) is 18.9 Å². The van der Waals surface area contributed by atoms with Crippen LogP contribution in [0.5, 0.6) is 11.5 Å². The minimum Gasteiger partial charge on any atom is -0.493 e. The fourth-order valence-electron chi connectivity index (χ4n) is 5.54. The molecule has 0 amide bonds. The zero-order valence-electron chi connectivity index (χ0n) is 22.2. The molecule has 2 saturated carbocycles. The lowest BCUT2D eigenvalue weighted by atomic mass is 9.71. The highest BCUT2D eigenvalue weighted by molar-refractivity contribution is 5.90. The molecule has 0 heterocycles. The van der Waals surface area contributed by atoms with Crippen molar-refractivity contribution in [2.45, 2.75) is 90.1 Å². The Morgan fingerprint density at radius 1 is 0.889 bits per heavy atom. The first-order valence-corrected chi connectivity index (χ1v) is 13.8. The van der Waals surface area contributed by atoms with Crippen molar-refractivity contribution < 1.29 is 28.5 Å². The average Bonchev–Trinajstić information content (AvgIpc) is 2.90. The molecule has 0 spiro atoms. The zero-order chi connectivity index (χ0) is 25.8. The van der Waals surface area contributed by atoms with Crippen molar-refractivity contribution in [2.24, 2.45) is 17.8 Å². The molecule has 3 rings (SSSR count). The Balaban J connectivity index is 1.36. The van der Waals surface area contributed by atoms with Crippen molar-refractivity contribution in [3.8, 4) is 11.5 Å². The number of carbonyl (C=O) groups is 2. The second kappa shape index (κ2) is 14.9. The van der Waals surface area contributed by atoms with Crippen molar-refractivity contribution in [2.75, 3.05) is 20.3 Å². The van der Waals surface area contributed by atoms with E-state index in [-0.39, 0.29) is 18.0 Å². The Hall–Kier alpha value is -2.50. The van der Waals surface area contributed by atoms with Crippen LogP contribution in [0.15, 0.2) is 30.9 Å². The number of hydrogen-bond donors (Lipinski definition) is 0. The second-order valence-corrected chi connectivity index (χ2v) is 10.5. The van der Waals surface area contributed by atoms with Gasteiger partial charge in [-0.05, 0) is 100 Å². The maximum absolute atomic E-state index is 12.8. The van der Waals surface area contributed by atoms with Crippen LogP contribution in [-0.4, -0.2) is 38.4 Å². The Bertz CT molecular complexity index is 834. The van der Waals surface area contributed by atoms with Crippen molar-refractivity contribution in [3.05, 3.63) is 36.4 Å². The summed E-state index contributed by atoms with van der Waals surface area (Å²) in [5.74, 6) is 3.06. The molecule has 6 heteroatoms. The highest BCUT2D eigenvalue weighted by Gasteiger charge is 2.31. The standard InChI is InChI=1S/C30H44O6/c1-4-29(31)35-20-8-6-5-7-19-34-27-18-15-25(21-28(27)33-3)30(32)36-26-16-13-24(14-17-26)23-11-9-22(2)10-12-23/h4,15,18,21-24,26H,1,5-14,16-17,19-20H2,2-3H3. The summed E-state index contributed by atoms with van der Waals surface area (Å²) in [5.41, 5.74) is 0.497. The predicted octanol–water partition coefficient (Wildman–Crippen LogP) is 6.91. The van der Waals surface area contributed by atoms with Gasteiger partial charge in [-0.3, -0.25) is 0 Å². The Labute approximate surface area is 216 Å². The van der Waals surface area contributed by atoms with Gasteiger partial charge in [0.15, 0.2) is 11.5 Å². The number of hydrogen-bond acceptors (Lipinski definition) is 6. The number of benzene rings is 1. The normalized spacial score (nSPS) is 23.9. The van der Waals surface area contributed by atoms with E-state index >= 15 is 0 Å². The van der Waals surface area contributed by atoms with Gasteiger partial charge < -0.3 is 18.9 Å². The van der Waals surface area contributed by atoms with E-state index < -0.39 is 0 Å². The lowest BCUT2D eigenvalue weighted by Crippen LogP contribution is -2.29. The molecule has 1 aromatic rings. The summed E-state index contributed by atoms with van der Waals surface area (Å²) in [7, 11) is 1.58. The maximum Gasteiger partial charge on any atom is 0.338 e. The first kappa shape index (κ1) is 28.1. The maximum atomic E-state index is 12.8. The SMILES string of the molecule is C=CC(=O)OCCCCCCOc1ccc(C(=O)OC2CCC(C3CCC(C)CC3)CC2)cc1OC. The van der Waals surface area contributed by atoms with Gasteiger partial charge in [-0.25, -0.2) is 9.59 Å². The smallest absolute Gasteiger partial charge is 0.338 e. The van der Waals surface area contributed by atoms with Crippen molar-refractivity contribution in [1.29, 1.82) is 0 Å². The molecular weight excluding hydrogens is 456 g/mol. The molecule has 0 atom stereocenters. The molecule has 6 nitrogen and oxygen atoms in total. The van der Waals surface area contributed by atoms with E-state index in [0.717, 1.165) is 56.3 Å². The van der Waals surface area contributed by atoms with Crippen LogP contribution < -0.4 is 9.47 Å². The molecule has 200 valence electrons. The van der Waals surface area contributed by atoms with Gasteiger partial charge in [0.2, 0.25) is 0 Å². The van der Waals surface area contributed by atoms with Crippen LogP contribution in [0.1, 0.15) is 94.3 Å². The van der Waals surface area contributed by atoms with Crippen LogP contribution in [-0.2, 0) is 14.3 Å². The quantitative estimate of drug-likeness (QED) is 0.167. The van der Waals surface area contributed by atoms with Gasteiger partial charge in [-0.15, -0.1) is 0 Å². The molecule has 0 N–H and O–H groups in total. The predicted molar refractivity (Wildman–Crippen MR) is 140 cm³/mol. The van der Waals surface area contributed by atoms with Gasteiger partial charge in [-0.2, -0.15) is 0 Å². The molecule has 36 heavy (non-hydrogen) atoms. The monoisotopic (exact) mass is 500 g/mol. The van der Waals surface area contributed by atoms with Gasteiger partial charge in [0, 0.05) is 6.08 Å². The van der Waals surface area contributed by atoms with Crippen LogP contribution in [0.2, 0.25) is 0 Å². The van der Waals surface area contributed by atoms with E-state index in [1.54, 1.807) is 25.3 Å². The van der Waals surface area contributed by atoms with Crippen molar-refractivity contribution in [1.82, 2.24) is 0 Å². The van der Waals surface area contributed by atoms with Gasteiger partial charge in [0.25, 0.3) is 0 Å². The number of methoxy groups -OCH3 is 1. The summed E-state index contributed by atoms with van der Waals surface area (Å²) in [6, 6.07) is 5.24. The number of rotatable bonds is 13.